The number of amides is 1. The Morgan fingerprint density at radius 2 is 1.71 bits per heavy atom. The fraction of sp³-hybridized carbons (Fsp3) is 0.481. The molecule has 0 aliphatic carbocycles. The molecule has 0 aromatic heterocycles. The van der Waals surface area contributed by atoms with Crippen LogP contribution in [0.3, 0.4) is 0 Å². The molecule has 184 valence electrons. The molecule has 7 nitrogen and oxygen atoms in total. The molecule has 0 atom stereocenters. The number of carbonyl (C=O) groups excluding carboxylic acids is 2. The van der Waals surface area contributed by atoms with Crippen LogP contribution in [-0.4, -0.2) is 56.7 Å². The molecule has 1 aliphatic heterocycles. The van der Waals surface area contributed by atoms with Gasteiger partial charge in [-0.1, -0.05) is 18.2 Å². The van der Waals surface area contributed by atoms with Crippen LogP contribution in [0.25, 0.3) is 0 Å². The Balaban J connectivity index is 1.88. The monoisotopic (exact) mass is 468 g/mol. The summed E-state index contributed by atoms with van der Waals surface area (Å²) in [6.45, 7) is 8.34. The molecule has 1 aliphatic rings. The maximum absolute atomic E-state index is 13.7. The van der Waals surface area contributed by atoms with E-state index in [1.165, 1.54) is 7.11 Å². The Labute approximate surface area is 202 Å². The minimum atomic E-state index is -0.788. The van der Waals surface area contributed by atoms with E-state index >= 15 is 0 Å². The summed E-state index contributed by atoms with van der Waals surface area (Å²) < 4.78 is 16.1. The van der Waals surface area contributed by atoms with Crippen LogP contribution >= 0.6 is 0 Å². The van der Waals surface area contributed by atoms with E-state index in [0.29, 0.717) is 30.2 Å². The second-order valence-corrected chi connectivity index (χ2v) is 9.03. The minimum Gasteiger partial charge on any atom is -0.493 e. The third-order valence-corrected chi connectivity index (χ3v) is 6.44. The van der Waals surface area contributed by atoms with Gasteiger partial charge in [0.15, 0.2) is 11.5 Å². The molecule has 1 fully saturated rings. The number of nitrogens with zero attached hydrogens (tertiary/aromatic N) is 1. The third kappa shape index (κ3) is 5.70. The normalized spacial score (nSPS) is 14.4. The first-order valence-electron chi connectivity index (χ1n) is 11.8. The van der Waals surface area contributed by atoms with Crippen LogP contribution in [0.5, 0.6) is 11.5 Å². The van der Waals surface area contributed by atoms with Crippen molar-refractivity contribution in [3.05, 3.63) is 59.2 Å². The molecule has 0 unspecified atom stereocenters. The van der Waals surface area contributed by atoms with Gasteiger partial charge in [-0.05, 0) is 82.1 Å². The van der Waals surface area contributed by atoms with E-state index in [1.54, 1.807) is 19.2 Å². The minimum absolute atomic E-state index is 0.0249. The predicted molar refractivity (Wildman–Crippen MR) is 131 cm³/mol. The number of hydrogen-bond donors (Lipinski definition) is 1. The first-order chi connectivity index (χ1) is 16.3. The summed E-state index contributed by atoms with van der Waals surface area (Å²) in [5, 5.41) is 3.37. The molecule has 0 radical (unpaired) electrons. The van der Waals surface area contributed by atoms with Crippen LogP contribution in [-0.2, 0) is 21.5 Å². The predicted octanol–water partition coefficient (Wildman–Crippen LogP) is 3.94. The van der Waals surface area contributed by atoms with Crippen molar-refractivity contribution in [3.8, 4) is 11.5 Å². The molecule has 0 bridgehead atoms. The van der Waals surface area contributed by atoms with Crippen molar-refractivity contribution in [1.29, 1.82) is 0 Å². The molecule has 7 heteroatoms. The molecule has 2 aromatic carbocycles. The van der Waals surface area contributed by atoms with Crippen molar-refractivity contribution in [2.75, 3.05) is 33.9 Å². The van der Waals surface area contributed by atoms with Crippen molar-refractivity contribution >= 4 is 11.9 Å². The van der Waals surface area contributed by atoms with Gasteiger partial charge in [0.05, 0.1) is 26.2 Å². The average molecular weight is 469 g/mol. The number of piperidine rings is 1. The number of methoxy groups -OCH3 is 2. The number of nitrogens with one attached hydrogen (secondary N) is 1. The first kappa shape index (κ1) is 25.6. The number of benzene rings is 2. The summed E-state index contributed by atoms with van der Waals surface area (Å²) in [6.07, 6.45) is 1.79. The van der Waals surface area contributed by atoms with Gasteiger partial charge < -0.3 is 24.4 Å². The van der Waals surface area contributed by atoms with Crippen molar-refractivity contribution in [2.24, 2.45) is 0 Å². The molecule has 34 heavy (non-hydrogen) atoms. The average Bonchev–Trinajstić information content (AvgIpc) is 2.87. The molecule has 2 aromatic rings. The van der Waals surface area contributed by atoms with Crippen molar-refractivity contribution < 1.29 is 23.8 Å². The van der Waals surface area contributed by atoms with Crippen LogP contribution < -0.4 is 14.8 Å². The molecular formula is C27H36N2O5. The molecule has 0 saturated carbocycles. The van der Waals surface area contributed by atoms with Gasteiger partial charge in [0.2, 0.25) is 0 Å². The molecular weight excluding hydrogens is 432 g/mol. The van der Waals surface area contributed by atoms with Crippen LogP contribution in [0.4, 0.5) is 0 Å². The van der Waals surface area contributed by atoms with Crippen molar-refractivity contribution in [3.63, 3.8) is 0 Å². The maximum Gasteiger partial charge on any atom is 0.315 e. The second-order valence-electron chi connectivity index (χ2n) is 9.03. The van der Waals surface area contributed by atoms with E-state index in [0.717, 1.165) is 37.1 Å². The van der Waals surface area contributed by atoms with Gasteiger partial charge >= 0.3 is 5.97 Å². The molecule has 3 rings (SSSR count). The Morgan fingerprint density at radius 3 is 2.29 bits per heavy atom. The Bertz CT molecular complexity index is 981. The summed E-state index contributed by atoms with van der Waals surface area (Å²) in [7, 11) is 3.00. The van der Waals surface area contributed by atoms with Gasteiger partial charge in [-0.25, -0.2) is 0 Å². The zero-order chi connectivity index (χ0) is 24.7. The van der Waals surface area contributed by atoms with Gasteiger partial charge in [-0.3, -0.25) is 9.59 Å². The fourth-order valence-corrected chi connectivity index (χ4v) is 4.34. The number of carbonyl (C=O) groups is 2. The highest BCUT2D eigenvalue weighted by atomic mass is 16.5. The van der Waals surface area contributed by atoms with E-state index in [1.807, 2.05) is 56.0 Å². The van der Waals surface area contributed by atoms with Crippen LogP contribution in [0.15, 0.2) is 42.5 Å². The largest absolute Gasteiger partial charge is 0.493 e. The van der Waals surface area contributed by atoms with E-state index < -0.39 is 5.41 Å². The number of rotatable bonds is 9. The standard InChI is InChI=1S/C27H36N2O5/c1-6-34-24-17-19(7-12-23(24)32-4)18-29(22-13-15-28-16-14-22)25(30)20-8-10-21(11-9-20)27(2,3)26(31)33-5/h7-12,17,22,28H,6,13-16,18H2,1-5H3. The second kappa shape index (κ2) is 11.4. The van der Waals surface area contributed by atoms with E-state index in [9.17, 15) is 9.59 Å². The van der Waals surface area contributed by atoms with Crippen LogP contribution in [0.2, 0.25) is 0 Å². The number of esters is 1. The highest BCUT2D eigenvalue weighted by Crippen LogP contribution is 2.30. The molecule has 1 heterocycles. The summed E-state index contributed by atoms with van der Waals surface area (Å²) in [5.41, 5.74) is 1.60. The summed E-state index contributed by atoms with van der Waals surface area (Å²) >= 11 is 0. The Morgan fingerprint density at radius 1 is 1.03 bits per heavy atom. The van der Waals surface area contributed by atoms with Crippen LogP contribution in [0, 0.1) is 0 Å². The highest BCUT2D eigenvalue weighted by molar-refractivity contribution is 5.94. The third-order valence-electron chi connectivity index (χ3n) is 6.44. The molecule has 0 spiro atoms. The highest BCUT2D eigenvalue weighted by Gasteiger charge is 2.32. The van der Waals surface area contributed by atoms with Gasteiger partial charge in [0.1, 0.15) is 0 Å². The van der Waals surface area contributed by atoms with Crippen molar-refractivity contribution in [1.82, 2.24) is 10.2 Å². The number of hydrogen-bond acceptors (Lipinski definition) is 6. The molecule has 1 N–H and O–H groups in total. The van der Waals surface area contributed by atoms with Crippen molar-refractivity contribution in [2.45, 2.75) is 51.6 Å². The quantitative estimate of drug-likeness (QED) is 0.562. The fourth-order valence-electron chi connectivity index (χ4n) is 4.34. The lowest BCUT2D eigenvalue weighted by Gasteiger charge is -2.35. The van der Waals surface area contributed by atoms with E-state index in [4.69, 9.17) is 14.2 Å². The first-order valence-corrected chi connectivity index (χ1v) is 11.8. The zero-order valence-electron chi connectivity index (χ0n) is 20.8. The van der Waals surface area contributed by atoms with Gasteiger partial charge in [-0.15, -0.1) is 0 Å². The smallest absolute Gasteiger partial charge is 0.315 e. The topological polar surface area (TPSA) is 77.1 Å². The van der Waals surface area contributed by atoms with E-state index in [2.05, 4.69) is 5.32 Å². The summed E-state index contributed by atoms with van der Waals surface area (Å²) in [6, 6.07) is 13.2. The number of ether oxygens (including phenoxy) is 3. The summed E-state index contributed by atoms with van der Waals surface area (Å²) in [4.78, 5) is 27.8. The Hall–Kier alpha value is -3.06. The van der Waals surface area contributed by atoms with Crippen LogP contribution in [0.1, 0.15) is 55.1 Å². The molecule has 1 saturated heterocycles. The van der Waals surface area contributed by atoms with Gasteiger partial charge in [-0.2, -0.15) is 0 Å². The van der Waals surface area contributed by atoms with Gasteiger partial charge in [0, 0.05) is 18.2 Å². The van der Waals surface area contributed by atoms with E-state index in [-0.39, 0.29) is 17.9 Å². The summed E-state index contributed by atoms with van der Waals surface area (Å²) in [5.74, 6) is 1.01. The Kier molecular flexibility index (Phi) is 8.56. The zero-order valence-corrected chi connectivity index (χ0v) is 20.8. The lowest BCUT2D eigenvalue weighted by atomic mass is 9.84. The molecule has 1 amide bonds. The van der Waals surface area contributed by atoms with Gasteiger partial charge in [0.25, 0.3) is 5.91 Å². The maximum atomic E-state index is 13.7. The lowest BCUT2D eigenvalue weighted by molar-refractivity contribution is -0.146. The lowest BCUT2D eigenvalue weighted by Crippen LogP contribution is -2.45. The SMILES string of the molecule is CCOc1cc(CN(C(=O)c2ccc(C(C)(C)C(=O)OC)cc2)C2CCNCC2)ccc1OC.